The van der Waals surface area contributed by atoms with Crippen LogP contribution in [-0.2, 0) is 12.8 Å². The number of carbonyl (C=O) groups is 1. The minimum atomic E-state index is -0.684. The van der Waals surface area contributed by atoms with Crippen LogP contribution in [0.4, 0.5) is 0 Å². The second kappa shape index (κ2) is 5.48. The zero-order valence-electron chi connectivity index (χ0n) is 13.8. The number of aromatic nitrogens is 2. The second-order valence-electron chi connectivity index (χ2n) is 6.88. The lowest BCUT2D eigenvalue weighted by Crippen LogP contribution is -2.52. The van der Waals surface area contributed by atoms with Gasteiger partial charge in [0.2, 0.25) is 0 Å². The number of nitriles is 1. The van der Waals surface area contributed by atoms with Gasteiger partial charge in [-0.1, -0.05) is 17.7 Å². The Morgan fingerprint density at radius 3 is 2.62 bits per heavy atom. The quantitative estimate of drug-likeness (QED) is 0.945. The van der Waals surface area contributed by atoms with E-state index in [2.05, 4.69) is 35.5 Å². The Hall–Kier alpha value is -2.61. The molecule has 1 fully saturated rings. The van der Waals surface area contributed by atoms with E-state index < -0.39 is 5.54 Å². The van der Waals surface area contributed by atoms with Crippen molar-refractivity contribution in [2.24, 2.45) is 0 Å². The van der Waals surface area contributed by atoms with Crippen molar-refractivity contribution in [2.45, 2.75) is 51.0 Å². The van der Waals surface area contributed by atoms with Gasteiger partial charge in [-0.2, -0.15) is 10.4 Å². The Labute approximate surface area is 141 Å². The van der Waals surface area contributed by atoms with E-state index in [-0.39, 0.29) is 5.91 Å². The summed E-state index contributed by atoms with van der Waals surface area (Å²) in [4.78, 5) is 12.7. The number of nitrogens with one attached hydrogen (secondary N) is 1. The molecule has 1 saturated carbocycles. The summed E-state index contributed by atoms with van der Waals surface area (Å²) in [5, 5.41) is 16.9. The third kappa shape index (κ3) is 2.30. The van der Waals surface area contributed by atoms with Gasteiger partial charge in [-0.15, -0.1) is 0 Å². The lowest BCUT2D eigenvalue weighted by Gasteiger charge is -2.35. The molecule has 1 N–H and O–H groups in total. The van der Waals surface area contributed by atoms with Crippen molar-refractivity contribution in [3.05, 3.63) is 46.8 Å². The number of rotatable bonds is 3. The molecule has 2 aromatic rings. The molecule has 2 aliphatic rings. The van der Waals surface area contributed by atoms with Gasteiger partial charge in [-0.25, -0.2) is 4.68 Å². The molecule has 1 heterocycles. The molecule has 1 aromatic heterocycles. The Kier molecular flexibility index (Phi) is 3.42. The summed E-state index contributed by atoms with van der Waals surface area (Å²) in [5.74, 6) is -0.208. The van der Waals surface area contributed by atoms with Crippen molar-refractivity contribution in [1.29, 1.82) is 5.26 Å². The fraction of sp³-hybridized carbons (Fsp3) is 0.421. The van der Waals surface area contributed by atoms with Crippen LogP contribution >= 0.6 is 0 Å². The SMILES string of the molecule is Cc1ccc(-n2nc(C(=O)NC3(C#N)CCC3)c3c2CCC3)cc1. The van der Waals surface area contributed by atoms with Crippen LogP contribution in [0.3, 0.4) is 0 Å². The maximum Gasteiger partial charge on any atom is 0.273 e. The van der Waals surface area contributed by atoms with E-state index in [0.29, 0.717) is 5.69 Å². The number of aryl methyl sites for hydroxylation is 1. The van der Waals surface area contributed by atoms with Crippen LogP contribution in [-0.4, -0.2) is 21.2 Å². The molecule has 5 nitrogen and oxygen atoms in total. The topological polar surface area (TPSA) is 70.7 Å². The highest BCUT2D eigenvalue weighted by Gasteiger charge is 2.40. The molecular weight excluding hydrogens is 300 g/mol. The molecule has 0 bridgehead atoms. The predicted octanol–water partition coefficient (Wildman–Crippen LogP) is 2.85. The van der Waals surface area contributed by atoms with E-state index in [1.165, 1.54) is 5.56 Å². The third-order valence-corrected chi connectivity index (χ3v) is 5.20. The molecule has 0 spiro atoms. The summed E-state index contributed by atoms with van der Waals surface area (Å²) in [5.41, 5.74) is 4.16. The van der Waals surface area contributed by atoms with Gasteiger partial charge in [0, 0.05) is 11.3 Å². The molecule has 5 heteroatoms. The summed E-state index contributed by atoms with van der Waals surface area (Å²) >= 11 is 0. The van der Waals surface area contributed by atoms with E-state index in [0.717, 1.165) is 55.5 Å². The smallest absolute Gasteiger partial charge is 0.273 e. The summed E-state index contributed by atoms with van der Waals surface area (Å²) in [7, 11) is 0. The lowest BCUT2D eigenvalue weighted by atomic mass is 9.78. The van der Waals surface area contributed by atoms with Gasteiger partial charge in [0.25, 0.3) is 5.91 Å². The second-order valence-corrected chi connectivity index (χ2v) is 6.88. The molecule has 4 rings (SSSR count). The van der Waals surface area contributed by atoms with E-state index in [4.69, 9.17) is 0 Å². The summed E-state index contributed by atoms with van der Waals surface area (Å²) in [6.07, 6.45) is 5.31. The zero-order chi connectivity index (χ0) is 16.7. The van der Waals surface area contributed by atoms with Gasteiger partial charge in [-0.05, 0) is 57.6 Å². The highest BCUT2D eigenvalue weighted by Crippen LogP contribution is 2.33. The normalized spacial score (nSPS) is 17.7. The molecule has 0 saturated heterocycles. The summed E-state index contributed by atoms with van der Waals surface area (Å²) in [6, 6.07) is 10.4. The van der Waals surface area contributed by atoms with Crippen LogP contribution in [0, 0.1) is 18.3 Å². The molecule has 2 aliphatic carbocycles. The number of hydrogen-bond acceptors (Lipinski definition) is 3. The van der Waals surface area contributed by atoms with Crippen molar-refractivity contribution in [3.8, 4) is 11.8 Å². The first kappa shape index (κ1) is 14.9. The monoisotopic (exact) mass is 320 g/mol. The molecule has 1 aromatic carbocycles. The van der Waals surface area contributed by atoms with Crippen molar-refractivity contribution >= 4 is 5.91 Å². The Morgan fingerprint density at radius 1 is 1.25 bits per heavy atom. The first-order valence-electron chi connectivity index (χ1n) is 8.53. The summed E-state index contributed by atoms with van der Waals surface area (Å²) in [6.45, 7) is 2.05. The number of amides is 1. The van der Waals surface area contributed by atoms with Crippen LogP contribution in [0.2, 0.25) is 0 Å². The van der Waals surface area contributed by atoms with E-state index >= 15 is 0 Å². The van der Waals surface area contributed by atoms with Crippen molar-refractivity contribution in [2.75, 3.05) is 0 Å². The number of nitrogens with zero attached hydrogens (tertiary/aromatic N) is 3. The molecule has 0 radical (unpaired) electrons. The maximum absolute atomic E-state index is 12.7. The van der Waals surface area contributed by atoms with Crippen LogP contribution in [0.25, 0.3) is 5.69 Å². The number of hydrogen-bond donors (Lipinski definition) is 1. The van der Waals surface area contributed by atoms with Crippen LogP contribution in [0.5, 0.6) is 0 Å². The molecule has 0 unspecified atom stereocenters. The van der Waals surface area contributed by atoms with Crippen LogP contribution in [0.1, 0.15) is 53.0 Å². The standard InChI is InChI=1S/C19H20N4O/c1-13-6-8-14(9-7-13)23-16-5-2-4-15(16)17(22-23)18(24)21-19(12-20)10-3-11-19/h6-9H,2-5,10-11H2,1H3,(H,21,24). The van der Waals surface area contributed by atoms with E-state index in [1.54, 1.807) is 0 Å². The molecule has 0 aliphatic heterocycles. The third-order valence-electron chi connectivity index (χ3n) is 5.20. The average Bonchev–Trinajstić information content (AvgIpc) is 3.14. The average molecular weight is 320 g/mol. The number of benzene rings is 1. The lowest BCUT2D eigenvalue weighted by molar-refractivity contribution is 0.0875. The van der Waals surface area contributed by atoms with Crippen molar-refractivity contribution < 1.29 is 4.79 Å². The van der Waals surface area contributed by atoms with Gasteiger partial charge >= 0.3 is 0 Å². The fourth-order valence-corrected chi connectivity index (χ4v) is 3.59. The first-order chi connectivity index (χ1) is 11.6. The van der Waals surface area contributed by atoms with Crippen LogP contribution < -0.4 is 5.32 Å². The highest BCUT2D eigenvalue weighted by molar-refractivity contribution is 5.95. The van der Waals surface area contributed by atoms with Gasteiger partial charge in [0.05, 0.1) is 11.8 Å². The van der Waals surface area contributed by atoms with Crippen molar-refractivity contribution in [1.82, 2.24) is 15.1 Å². The highest BCUT2D eigenvalue weighted by atomic mass is 16.2. The fourth-order valence-electron chi connectivity index (χ4n) is 3.59. The van der Waals surface area contributed by atoms with Gasteiger partial charge in [0.1, 0.15) is 5.54 Å². The minimum absolute atomic E-state index is 0.208. The molecule has 122 valence electrons. The first-order valence-corrected chi connectivity index (χ1v) is 8.53. The van der Waals surface area contributed by atoms with Crippen LogP contribution in [0.15, 0.2) is 24.3 Å². The maximum atomic E-state index is 12.7. The molecule has 0 atom stereocenters. The van der Waals surface area contributed by atoms with E-state index in [1.807, 2.05) is 16.8 Å². The Bertz CT molecular complexity index is 837. The number of fused-ring (bicyclic) bond motifs is 1. The Morgan fingerprint density at radius 2 is 2.00 bits per heavy atom. The summed E-state index contributed by atoms with van der Waals surface area (Å²) < 4.78 is 1.90. The van der Waals surface area contributed by atoms with Gasteiger partial charge in [-0.3, -0.25) is 4.79 Å². The molecule has 1 amide bonds. The van der Waals surface area contributed by atoms with Crippen molar-refractivity contribution in [3.63, 3.8) is 0 Å². The Balaban J connectivity index is 1.70. The van der Waals surface area contributed by atoms with E-state index in [9.17, 15) is 10.1 Å². The van der Waals surface area contributed by atoms with Gasteiger partial charge < -0.3 is 5.32 Å². The number of carbonyl (C=O) groups excluding carboxylic acids is 1. The van der Waals surface area contributed by atoms with Gasteiger partial charge in [0.15, 0.2) is 5.69 Å². The largest absolute Gasteiger partial charge is 0.332 e. The predicted molar refractivity (Wildman–Crippen MR) is 90.0 cm³/mol. The zero-order valence-corrected chi connectivity index (χ0v) is 13.8. The molecule has 24 heavy (non-hydrogen) atoms. The molecular formula is C19H20N4O. The minimum Gasteiger partial charge on any atom is -0.332 e.